The number of aliphatic carboxylic acids is 1. The first-order chi connectivity index (χ1) is 12.9. The van der Waals surface area contributed by atoms with Crippen LogP contribution in [0.1, 0.15) is 32.3 Å². The highest BCUT2D eigenvalue weighted by Crippen LogP contribution is 2.26. The van der Waals surface area contributed by atoms with Crippen molar-refractivity contribution in [2.45, 2.75) is 45.2 Å². The van der Waals surface area contributed by atoms with Gasteiger partial charge in [0, 0.05) is 37.4 Å². The molecular weight excluding hydrogens is 342 g/mol. The van der Waals surface area contributed by atoms with E-state index in [1.807, 2.05) is 49.3 Å². The van der Waals surface area contributed by atoms with Gasteiger partial charge < -0.3 is 14.9 Å². The Morgan fingerprint density at radius 1 is 1.30 bits per heavy atom. The minimum Gasteiger partial charge on any atom is -0.480 e. The van der Waals surface area contributed by atoms with Gasteiger partial charge in [-0.15, -0.1) is 0 Å². The molecule has 6 nitrogen and oxygen atoms in total. The summed E-state index contributed by atoms with van der Waals surface area (Å²) in [6.45, 7) is 4.31. The van der Waals surface area contributed by atoms with Crippen molar-refractivity contribution in [2.75, 3.05) is 13.6 Å². The Hall–Kier alpha value is -2.63. The number of carboxylic acid groups (broad SMARTS) is 1. The second-order valence-corrected chi connectivity index (χ2v) is 7.63. The lowest BCUT2D eigenvalue weighted by Crippen LogP contribution is -2.52. The summed E-state index contributed by atoms with van der Waals surface area (Å²) in [5, 5.41) is 11.8. The largest absolute Gasteiger partial charge is 0.480 e. The fourth-order valence-electron chi connectivity index (χ4n) is 4.11. The zero-order valence-electron chi connectivity index (χ0n) is 16.1. The van der Waals surface area contributed by atoms with Gasteiger partial charge in [0.15, 0.2) is 0 Å². The number of likely N-dealkylation sites (N-methyl/N-ethyl adjacent to an activating group) is 1. The molecule has 2 aromatic rings. The summed E-state index contributed by atoms with van der Waals surface area (Å²) in [5.41, 5.74) is 1.12. The number of likely N-dealkylation sites (tertiary alicyclic amines) is 1. The van der Waals surface area contributed by atoms with Crippen molar-refractivity contribution in [1.29, 1.82) is 0 Å². The molecule has 2 amide bonds. The molecule has 2 atom stereocenters. The van der Waals surface area contributed by atoms with E-state index < -0.39 is 12.0 Å². The highest BCUT2D eigenvalue weighted by molar-refractivity contribution is 5.85. The Morgan fingerprint density at radius 2 is 2.04 bits per heavy atom. The van der Waals surface area contributed by atoms with E-state index in [-0.39, 0.29) is 18.0 Å². The molecule has 6 heteroatoms. The molecule has 0 saturated carbocycles. The Morgan fingerprint density at radius 3 is 2.74 bits per heavy atom. The van der Waals surface area contributed by atoms with E-state index in [2.05, 4.69) is 11.1 Å². The molecular formula is C21H27N3O3. The van der Waals surface area contributed by atoms with Crippen molar-refractivity contribution < 1.29 is 14.7 Å². The number of hydrogen-bond acceptors (Lipinski definition) is 3. The molecule has 1 saturated heterocycles. The van der Waals surface area contributed by atoms with Crippen molar-refractivity contribution >= 4 is 22.8 Å². The first kappa shape index (κ1) is 19.1. The van der Waals surface area contributed by atoms with Crippen LogP contribution in [-0.4, -0.2) is 57.6 Å². The summed E-state index contributed by atoms with van der Waals surface area (Å²) in [5.74, 6) is -1.12. The maximum absolute atomic E-state index is 13.0. The van der Waals surface area contributed by atoms with Gasteiger partial charge in [-0.2, -0.15) is 0 Å². The smallest absolute Gasteiger partial charge is 0.326 e. The summed E-state index contributed by atoms with van der Waals surface area (Å²) < 4.78 is 0. The zero-order chi connectivity index (χ0) is 19.6. The van der Waals surface area contributed by atoms with Gasteiger partial charge in [0.2, 0.25) is 0 Å². The van der Waals surface area contributed by atoms with Gasteiger partial charge in [0.1, 0.15) is 6.04 Å². The standard InChI is InChI=1S/C21H27N3O3/c1-14(2)19(20(25)26)23(3)21(27)24-10-6-8-17(24)11-16-13-22-12-15-7-4-5-9-18(15)16/h4-5,7,9,12-14,17,19H,6,8,10-11H2,1-3H3,(H,25,26)/t17-,19+/m1/s1. The van der Waals surface area contributed by atoms with Crippen LogP contribution in [0.5, 0.6) is 0 Å². The van der Waals surface area contributed by atoms with Crippen molar-refractivity contribution in [3.63, 3.8) is 0 Å². The van der Waals surface area contributed by atoms with Crippen LogP contribution in [0.15, 0.2) is 36.7 Å². The lowest BCUT2D eigenvalue weighted by atomic mass is 10.00. The van der Waals surface area contributed by atoms with Gasteiger partial charge in [0.25, 0.3) is 0 Å². The quantitative estimate of drug-likeness (QED) is 0.877. The van der Waals surface area contributed by atoms with Crippen molar-refractivity contribution in [1.82, 2.24) is 14.8 Å². The van der Waals surface area contributed by atoms with Gasteiger partial charge in [-0.1, -0.05) is 38.1 Å². The van der Waals surface area contributed by atoms with Crippen LogP contribution >= 0.6 is 0 Å². The van der Waals surface area contributed by atoms with Crippen LogP contribution < -0.4 is 0 Å². The van der Waals surface area contributed by atoms with E-state index >= 15 is 0 Å². The third kappa shape index (κ3) is 3.89. The fourth-order valence-corrected chi connectivity index (χ4v) is 4.11. The molecule has 2 heterocycles. The molecule has 1 aliphatic heterocycles. The van der Waals surface area contributed by atoms with E-state index in [0.717, 1.165) is 35.6 Å². The number of carboxylic acids is 1. The van der Waals surface area contributed by atoms with Crippen molar-refractivity contribution in [3.05, 3.63) is 42.2 Å². The molecule has 1 fully saturated rings. The summed E-state index contributed by atoms with van der Waals surface area (Å²) in [4.78, 5) is 32.2. The molecule has 1 N–H and O–H groups in total. The Labute approximate surface area is 159 Å². The number of amides is 2. The topological polar surface area (TPSA) is 73.7 Å². The number of pyridine rings is 1. The van der Waals surface area contributed by atoms with Crippen LogP contribution in [0, 0.1) is 5.92 Å². The molecule has 1 aromatic heterocycles. The Kier molecular flexibility index (Phi) is 5.63. The Balaban J connectivity index is 1.80. The highest BCUT2D eigenvalue weighted by Gasteiger charge is 2.36. The summed E-state index contributed by atoms with van der Waals surface area (Å²) in [6.07, 6.45) is 6.31. The van der Waals surface area contributed by atoms with Crippen LogP contribution in [0.2, 0.25) is 0 Å². The van der Waals surface area contributed by atoms with Crippen LogP contribution in [0.3, 0.4) is 0 Å². The number of benzene rings is 1. The molecule has 1 aliphatic rings. The summed E-state index contributed by atoms with van der Waals surface area (Å²) >= 11 is 0. The number of hydrogen-bond donors (Lipinski definition) is 1. The second-order valence-electron chi connectivity index (χ2n) is 7.63. The first-order valence-electron chi connectivity index (χ1n) is 9.48. The summed E-state index contributed by atoms with van der Waals surface area (Å²) in [7, 11) is 1.59. The lowest BCUT2D eigenvalue weighted by Gasteiger charge is -2.34. The number of urea groups is 1. The number of aromatic nitrogens is 1. The molecule has 144 valence electrons. The molecule has 0 radical (unpaired) electrons. The first-order valence-corrected chi connectivity index (χ1v) is 9.48. The third-order valence-electron chi connectivity index (χ3n) is 5.43. The predicted octanol–water partition coefficient (Wildman–Crippen LogP) is 3.40. The number of carbonyl (C=O) groups excluding carboxylic acids is 1. The monoisotopic (exact) mass is 369 g/mol. The molecule has 3 rings (SSSR count). The van der Waals surface area contributed by atoms with Crippen LogP contribution in [0.4, 0.5) is 4.79 Å². The molecule has 0 aliphatic carbocycles. The van der Waals surface area contributed by atoms with E-state index in [1.54, 1.807) is 7.05 Å². The van der Waals surface area contributed by atoms with Gasteiger partial charge in [-0.05, 0) is 36.1 Å². The molecule has 27 heavy (non-hydrogen) atoms. The SMILES string of the molecule is CC(C)[C@@H](C(=O)O)N(C)C(=O)N1CCC[C@@H]1Cc1cncc2ccccc12. The second kappa shape index (κ2) is 7.94. The maximum atomic E-state index is 13.0. The summed E-state index contributed by atoms with van der Waals surface area (Å²) in [6, 6.07) is 7.17. The van der Waals surface area contributed by atoms with Gasteiger partial charge in [-0.25, -0.2) is 9.59 Å². The third-order valence-corrected chi connectivity index (χ3v) is 5.43. The zero-order valence-corrected chi connectivity index (χ0v) is 16.1. The van der Waals surface area contributed by atoms with E-state index in [0.29, 0.717) is 6.54 Å². The van der Waals surface area contributed by atoms with Crippen molar-refractivity contribution in [2.24, 2.45) is 5.92 Å². The number of carbonyl (C=O) groups is 2. The number of nitrogens with zero attached hydrogens (tertiary/aromatic N) is 3. The lowest BCUT2D eigenvalue weighted by molar-refractivity contribution is -0.143. The van der Waals surface area contributed by atoms with E-state index in [1.165, 1.54) is 4.90 Å². The number of fused-ring (bicyclic) bond motifs is 1. The Bertz CT molecular complexity index is 831. The van der Waals surface area contributed by atoms with Crippen LogP contribution in [-0.2, 0) is 11.2 Å². The van der Waals surface area contributed by atoms with Crippen molar-refractivity contribution in [3.8, 4) is 0 Å². The molecule has 0 unspecified atom stereocenters. The predicted molar refractivity (Wildman–Crippen MR) is 105 cm³/mol. The average Bonchev–Trinajstić information content (AvgIpc) is 3.09. The maximum Gasteiger partial charge on any atom is 0.326 e. The molecule has 0 spiro atoms. The van der Waals surface area contributed by atoms with E-state index in [4.69, 9.17) is 0 Å². The van der Waals surface area contributed by atoms with Gasteiger partial charge in [-0.3, -0.25) is 4.98 Å². The fraction of sp³-hybridized carbons (Fsp3) is 0.476. The minimum absolute atomic E-state index is 0.0640. The van der Waals surface area contributed by atoms with E-state index in [9.17, 15) is 14.7 Å². The molecule has 0 bridgehead atoms. The minimum atomic E-state index is -0.963. The van der Waals surface area contributed by atoms with Gasteiger partial charge >= 0.3 is 12.0 Å². The average molecular weight is 369 g/mol. The number of rotatable bonds is 5. The van der Waals surface area contributed by atoms with Crippen LogP contribution in [0.25, 0.3) is 10.8 Å². The van der Waals surface area contributed by atoms with Gasteiger partial charge in [0.05, 0.1) is 0 Å². The normalized spacial score (nSPS) is 18.1. The highest BCUT2D eigenvalue weighted by atomic mass is 16.4. The molecule has 1 aromatic carbocycles.